The first-order chi connectivity index (χ1) is 13.5. The maximum absolute atomic E-state index is 12.5. The molecule has 0 radical (unpaired) electrons. The van der Waals surface area contributed by atoms with Crippen LogP contribution in [-0.2, 0) is 0 Å². The quantitative estimate of drug-likeness (QED) is 0.349. The predicted octanol–water partition coefficient (Wildman–Crippen LogP) is 5.75. The van der Waals surface area contributed by atoms with Gasteiger partial charge in [0.25, 0.3) is 5.91 Å². The number of carbonyl (C=O) groups excluding carboxylic acids is 1. The summed E-state index contributed by atoms with van der Waals surface area (Å²) in [7, 11) is 1.61. The molecule has 0 saturated carbocycles. The summed E-state index contributed by atoms with van der Waals surface area (Å²) in [5, 5.41) is 4.45. The van der Waals surface area contributed by atoms with Gasteiger partial charge in [-0.2, -0.15) is 0 Å². The Bertz CT molecular complexity index is 1190. The molecule has 140 valence electrons. The zero-order chi connectivity index (χ0) is 19.7. The molecule has 0 aliphatic rings. The number of hydrogen-bond acceptors (Lipinski definition) is 3. The summed E-state index contributed by atoms with van der Waals surface area (Å²) in [6.45, 7) is 0. The first-order valence-electron chi connectivity index (χ1n) is 8.44. The lowest BCUT2D eigenvalue weighted by Crippen LogP contribution is -2.11. The fourth-order valence-corrected chi connectivity index (χ4v) is 3.86. The minimum atomic E-state index is -0.211. The van der Waals surface area contributed by atoms with Crippen LogP contribution in [-0.4, -0.2) is 23.0 Å². The molecule has 0 aliphatic carbocycles. The van der Waals surface area contributed by atoms with Crippen LogP contribution in [0.1, 0.15) is 10.4 Å². The van der Waals surface area contributed by atoms with E-state index in [1.165, 1.54) is 0 Å². The van der Waals surface area contributed by atoms with Crippen LogP contribution in [0.4, 0.5) is 5.69 Å². The van der Waals surface area contributed by atoms with E-state index in [4.69, 9.17) is 16.3 Å². The molecule has 0 spiro atoms. The number of aromatic amines is 1. The number of H-pyrrole nitrogens is 1. The Balaban J connectivity index is 1.67. The maximum Gasteiger partial charge on any atom is 0.255 e. The van der Waals surface area contributed by atoms with Crippen molar-refractivity contribution in [2.45, 2.75) is 0 Å². The number of rotatable bonds is 4. The van der Waals surface area contributed by atoms with E-state index in [0.717, 1.165) is 25.7 Å². The molecule has 0 bridgehead atoms. The second-order valence-corrected chi connectivity index (χ2v) is 7.73. The monoisotopic (exact) mass is 503 g/mol. The lowest BCUT2D eigenvalue weighted by Gasteiger charge is -2.07. The lowest BCUT2D eigenvalue weighted by atomic mass is 10.1. The van der Waals surface area contributed by atoms with Gasteiger partial charge in [0.1, 0.15) is 0 Å². The molecular weight excluding hydrogens is 489 g/mol. The molecule has 1 amide bonds. The summed E-state index contributed by atoms with van der Waals surface area (Å²) >= 11 is 8.23. The number of pyridine rings is 1. The molecule has 2 aromatic heterocycles. The van der Waals surface area contributed by atoms with Gasteiger partial charge < -0.3 is 15.0 Å². The van der Waals surface area contributed by atoms with Crippen LogP contribution in [0.3, 0.4) is 0 Å². The SMILES string of the molecule is COc1nccc(I)c1-c1cc2ccc(NC(=O)c3cccc(Cl)c3)cc2[nH]1. The molecule has 2 N–H and O–H groups in total. The summed E-state index contributed by atoms with van der Waals surface area (Å²) in [5.74, 6) is 0.352. The lowest BCUT2D eigenvalue weighted by molar-refractivity contribution is 0.102. The number of benzene rings is 2. The van der Waals surface area contributed by atoms with E-state index in [9.17, 15) is 4.79 Å². The summed E-state index contributed by atoms with van der Waals surface area (Å²) in [6, 6.07) is 16.5. The number of nitrogens with one attached hydrogen (secondary N) is 2. The molecule has 5 nitrogen and oxygen atoms in total. The third-order valence-corrected chi connectivity index (χ3v) is 5.43. The van der Waals surface area contributed by atoms with Crippen LogP contribution in [0, 0.1) is 3.57 Å². The first kappa shape index (κ1) is 18.8. The van der Waals surface area contributed by atoms with Crippen molar-refractivity contribution in [3.05, 3.63) is 75.0 Å². The van der Waals surface area contributed by atoms with Crippen LogP contribution >= 0.6 is 34.2 Å². The summed E-state index contributed by atoms with van der Waals surface area (Å²) in [4.78, 5) is 20.1. The van der Waals surface area contributed by atoms with Crippen LogP contribution < -0.4 is 10.1 Å². The van der Waals surface area contributed by atoms with Gasteiger partial charge in [-0.25, -0.2) is 4.98 Å². The highest BCUT2D eigenvalue weighted by Gasteiger charge is 2.14. The molecule has 0 unspecified atom stereocenters. The molecule has 0 atom stereocenters. The minimum absolute atomic E-state index is 0.211. The van der Waals surface area contributed by atoms with Crippen LogP contribution in [0.5, 0.6) is 5.88 Å². The van der Waals surface area contributed by atoms with Gasteiger partial charge in [-0.05, 0) is 65.1 Å². The van der Waals surface area contributed by atoms with E-state index in [0.29, 0.717) is 22.2 Å². The molecule has 0 aliphatic heterocycles. The highest BCUT2D eigenvalue weighted by atomic mass is 127. The zero-order valence-corrected chi connectivity index (χ0v) is 17.7. The topological polar surface area (TPSA) is 67.0 Å². The van der Waals surface area contributed by atoms with Gasteiger partial charge in [0.2, 0.25) is 5.88 Å². The average Bonchev–Trinajstić information content (AvgIpc) is 3.10. The average molecular weight is 504 g/mol. The molecule has 0 fully saturated rings. The number of aromatic nitrogens is 2. The second kappa shape index (κ2) is 7.81. The van der Waals surface area contributed by atoms with E-state index in [2.05, 4.69) is 37.9 Å². The fourth-order valence-electron chi connectivity index (χ4n) is 2.99. The van der Waals surface area contributed by atoms with Gasteiger partial charge >= 0.3 is 0 Å². The van der Waals surface area contributed by atoms with Crippen molar-refractivity contribution in [2.75, 3.05) is 12.4 Å². The largest absolute Gasteiger partial charge is 0.480 e. The number of fused-ring (bicyclic) bond motifs is 1. The summed E-state index contributed by atoms with van der Waals surface area (Å²) < 4.78 is 6.44. The Hall–Kier alpha value is -2.58. The number of hydrogen-bond donors (Lipinski definition) is 2. The molecule has 7 heteroatoms. The molecular formula is C21H15ClIN3O2. The van der Waals surface area contributed by atoms with E-state index >= 15 is 0 Å². The Morgan fingerprint density at radius 3 is 2.82 bits per heavy atom. The third-order valence-electron chi connectivity index (χ3n) is 4.30. The normalized spacial score (nSPS) is 10.8. The standard InChI is InChI=1S/C21H15ClIN3O2/c1-28-21-19(16(23)7-8-24-21)18-10-12-5-6-15(11-17(12)26-18)25-20(27)13-3-2-4-14(22)9-13/h2-11,26H,1H3,(H,25,27). The van der Waals surface area contributed by atoms with E-state index in [1.807, 2.05) is 30.3 Å². The number of ether oxygens (including phenoxy) is 1. The highest BCUT2D eigenvalue weighted by molar-refractivity contribution is 14.1. The highest BCUT2D eigenvalue weighted by Crippen LogP contribution is 2.34. The summed E-state index contributed by atoms with van der Waals surface area (Å²) in [6.07, 6.45) is 1.72. The van der Waals surface area contributed by atoms with Crippen molar-refractivity contribution in [3.8, 4) is 17.1 Å². The van der Waals surface area contributed by atoms with Crippen molar-refractivity contribution in [2.24, 2.45) is 0 Å². The van der Waals surface area contributed by atoms with Crippen LogP contribution in [0.2, 0.25) is 5.02 Å². The van der Waals surface area contributed by atoms with Crippen molar-refractivity contribution in [1.82, 2.24) is 9.97 Å². The van der Waals surface area contributed by atoms with Gasteiger partial charge in [-0.15, -0.1) is 0 Å². The molecule has 4 rings (SSSR count). The van der Waals surface area contributed by atoms with E-state index < -0.39 is 0 Å². The molecule has 0 saturated heterocycles. The number of nitrogens with zero attached hydrogens (tertiary/aromatic N) is 1. The Morgan fingerprint density at radius 1 is 1.18 bits per heavy atom. The Morgan fingerprint density at radius 2 is 2.04 bits per heavy atom. The van der Waals surface area contributed by atoms with Gasteiger partial charge in [-0.1, -0.05) is 23.7 Å². The van der Waals surface area contributed by atoms with Crippen molar-refractivity contribution >= 4 is 56.7 Å². The minimum Gasteiger partial charge on any atom is -0.480 e. The van der Waals surface area contributed by atoms with Crippen LogP contribution in [0.25, 0.3) is 22.2 Å². The molecule has 2 heterocycles. The van der Waals surface area contributed by atoms with E-state index in [1.54, 1.807) is 37.6 Å². The Kier molecular flexibility index (Phi) is 5.23. The maximum atomic E-state index is 12.5. The number of halogens is 2. The van der Waals surface area contributed by atoms with Crippen molar-refractivity contribution in [1.29, 1.82) is 0 Å². The zero-order valence-electron chi connectivity index (χ0n) is 14.8. The number of methoxy groups -OCH3 is 1. The van der Waals surface area contributed by atoms with E-state index in [-0.39, 0.29) is 5.91 Å². The summed E-state index contributed by atoms with van der Waals surface area (Å²) in [5.41, 5.74) is 3.92. The van der Waals surface area contributed by atoms with Gasteiger partial charge in [0.05, 0.1) is 18.4 Å². The van der Waals surface area contributed by atoms with Crippen molar-refractivity contribution in [3.63, 3.8) is 0 Å². The number of amides is 1. The van der Waals surface area contributed by atoms with Crippen LogP contribution in [0.15, 0.2) is 60.8 Å². The predicted molar refractivity (Wildman–Crippen MR) is 120 cm³/mol. The molecule has 2 aromatic carbocycles. The molecule has 28 heavy (non-hydrogen) atoms. The first-order valence-corrected chi connectivity index (χ1v) is 9.89. The van der Waals surface area contributed by atoms with Crippen molar-refractivity contribution < 1.29 is 9.53 Å². The van der Waals surface area contributed by atoms with Gasteiger partial charge in [0, 0.05) is 36.9 Å². The van der Waals surface area contributed by atoms with Gasteiger partial charge in [0.15, 0.2) is 0 Å². The smallest absolute Gasteiger partial charge is 0.255 e. The van der Waals surface area contributed by atoms with Gasteiger partial charge in [-0.3, -0.25) is 4.79 Å². The molecule has 4 aromatic rings. The number of anilines is 1. The fraction of sp³-hybridized carbons (Fsp3) is 0.0476. The second-order valence-electron chi connectivity index (χ2n) is 6.13. The number of carbonyl (C=O) groups is 1. The Labute approximate surface area is 180 Å². The third kappa shape index (κ3) is 3.70.